The van der Waals surface area contributed by atoms with Gasteiger partial charge in [-0.3, -0.25) is 9.59 Å². The average Bonchev–Trinajstić information content (AvgIpc) is 2.24. The third kappa shape index (κ3) is 8.02. The van der Waals surface area contributed by atoms with Crippen LogP contribution in [0.3, 0.4) is 0 Å². The van der Waals surface area contributed by atoms with Gasteiger partial charge in [0.05, 0.1) is 12.7 Å². The first-order valence-electron chi connectivity index (χ1n) is 5.71. The molecule has 0 aromatic heterocycles. The lowest BCUT2D eigenvalue weighted by molar-refractivity contribution is -0.138. The van der Waals surface area contributed by atoms with E-state index in [1.807, 2.05) is 0 Å². The van der Waals surface area contributed by atoms with Crippen LogP contribution in [0.2, 0.25) is 0 Å². The molecule has 0 heterocycles. The molecule has 0 bridgehead atoms. The summed E-state index contributed by atoms with van der Waals surface area (Å²) in [6.45, 7) is 2.82. The summed E-state index contributed by atoms with van der Waals surface area (Å²) < 4.78 is 23.8. The molecule has 8 heteroatoms. The zero-order valence-electron chi connectivity index (χ0n) is 10.7. The summed E-state index contributed by atoms with van der Waals surface area (Å²) in [5.74, 6) is -1.35. The summed E-state index contributed by atoms with van der Waals surface area (Å²) in [7, 11) is -3.19. The fourth-order valence-electron chi connectivity index (χ4n) is 1.35. The van der Waals surface area contributed by atoms with Crippen molar-refractivity contribution in [3.63, 3.8) is 0 Å². The third-order valence-corrected chi connectivity index (χ3v) is 3.67. The first-order chi connectivity index (χ1) is 8.27. The topological polar surface area (TPSA) is 104 Å². The van der Waals surface area contributed by atoms with Crippen LogP contribution in [0, 0.1) is 0 Å². The summed E-state index contributed by atoms with van der Waals surface area (Å²) in [4.78, 5) is 21.4. The minimum atomic E-state index is -3.19. The van der Waals surface area contributed by atoms with E-state index in [1.54, 1.807) is 6.92 Å². The van der Waals surface area contributed by atoms with E-state index in [1.165, 1.54) is 4.31 Å². The fraction of sp³-hybridized carbons (Fsp3) is 0.800. The molecule has 0 atom stereocenters. The van der Waals surface area contributed by atoms with E-state index in [-0.39, 0.29) is 18.7 Å². The molecule has 0 spiro atoms. The standard InChI is InChI=1S/C10H20N2O5S/c1-3-12(18(2,16)17)8-4-7-11-9(13)5-6-10(14)15/h3-8H2,1-2H3,(H,11,13)(H,14,15). The number of amides is 1. The van der Waals surface area contributed by atoms with Gasteiger partial charge in [0, 0.05) is 26.1 Å². The van der Waals surface area contributed by atoms with Crippen molar-refractivity contribution in [3.8, 4) is 0 Å². The van der Waals surface area contributed by atoms with Crippen molar-refractivity contribution in [1.82, 2.24) is 9.62 Å². The second kappa shape index (κ2) is 8.04. The Bertz CT molecular complexity index is 380. The quantitative estimate of drug-likeness (QED) is 0.561. The molecule has 0 aliphatic heterocycles. The summed E-state index contributed by atoms with van der Waals surface area (Å²) in [6.07, 6.45) is 1.39. The Labute approximate surface area is 107 Å². The SMILES string of the molecule is CCN(CCCNC(=O)CCC(=O)O)S(C)(=O)=O. The molecule has 2 N–H and O–H groups in total. The van der Waals surface area contributed by atoms with E-state index >= 15 is 0 Å². The van der Waals surface area contributed by atoms with Crippen molar-refractivity contribution in [2.45, 2.75) is 26.2 Å². The summed E-state index contributed by atoms with van der Waals surface area (Å²) in [5.41, 5.74) is 0. The number of nitrogens with zero attached hydrogens (tertiary/aromatic N) is 1. The molecule has 0 aliphatic carbocycles. The molecule has 0 aromatic carbocycles. The Morgan fingerprint density at radius 2 is 1.89 bits per heavy atom. The zero-order valence-corrected chi connectivity index (χ0v) is 11.5. The van der Waals surface area contributed by atoms with E-state index in [0.29, 0.717) is 26.1 Å². The van der Waals surface area contributed by atoms with Crippen LogP contribution < -0.4 is 5.32 Å². The Morgan fingerprint density at radius 3 is 2.33 bits per heavy atom. The molecule has 0 unspecified atom stereocenters. The molecule has 0 aliphatic rings. The van der Waals surface area contributed by atoms with Crippen molar-refractivity contribution in [2.75, 3.05) is 25.9 Å². The molecule has 1 amide bonds. The fourth-order valence-corrected chi connectivity index (χ4v) is 2.28. The van der Waals surface area contributed by atoms with Gasteiger partial charge in [-0.15, -0.1) is 0 Å². The summed E-state index contributed by atoms with van der Waals surface area (Å²) >= 11 is 0. The molecule has 106 valence electrons. The molecular weight excluding hydrogens is 260 g/mol. The van der Waals surface area contributed by atoms with Crippen LogP contribution in [0.15, 0.2) is 0 Å². The predicted octanol–water partition coefficient (Wildman–Crippen LogP) is -0.361. The van der Waals surface area contributed by atoms with E-state index in [2.05, 4.69) is 5.32 Å². The van der Waals surface area contributed by atoms with Crippen molar-refractivity contribution >= 4 is 21.9 Å². The molecule has 0 radical (unpaired) electrons. The predicted molar refractivity (Wildman–Crippen MR) is 66.6 cm³/mol. The maximum atomic E-state index is 11.2. The highest BCUT2D eigenvalue weighted by molar-refractivity contribution is 7.88. The van der Waals surface area contributed by atoms with Crippen LogP contribution in [0.1, 0.15) is 26.2 Å². The van der Waals surface area contributed by atoms with Gasteiger partial charge in [-0.2, -0.15) is 0 Å². The van der Waals surface area contributed by atoms with E-state index in [4.69, 9.17) is 5.11 Å². The Morgan fingerprint density at radius 1 is 1.28 bits per heavy atom. The number of aliphatic carboxylic acids is 1. The lowest BCUT2D eigenvalue weighted by Crippen LogP contribution is -2.33. The number of rotatable bonds is 9. The van der Waals surface area contributed by atoms with Crippen molar-refractivity contribution in [3.05, 3.63) is 0 Å². The van der Waals surface area contributed by atoms with Crippen molar-refractivity contribution < 1.29 is 23.1 Å². The van der Waals surface area contributed by atoms with Gasteiger partial charge in [0.15, 0.2) is 0 Å². The minimum absolute atomic E-state index is 0.0566. The van der Waals surface area contributed by atoms with Crippen LogP contribution in [0.5, 0.6) is 0 Å². The lowest BCUT2D eigenvalue weighted by Gasteiger charge is -2.17. The van der Waals surface area contributed by atoms with Crippen LogP contribution >= 0.6 is 0 Å². The number of sulfonamides is 1. The second-order valence-corrected chi connectivity index (χ2v) is 5.83. The largest absolute Gasteiger partial charge is 0.481 e. The summed E-state index contributed by atoms with van der Waals surface area (Å²) in [6, 6.07) is 0. The number of hydrogen-bond donors (Lipinski definition) is 2. The smallest absolute Gasteiger partial charge is 0.303 e. The van der Waals surface area contributed by atoms with Gasteiger partial charge in [-0.25, -0.2) is 12.7 Å². The number of carboxylic acid groups (broad SMARTS) is 1. The number of carbonyl (C=O) groups is 2. The molecule has 18 heavy (non-hydrogen) atoms. The second-order valence-electron chi connectivity index (χ2n) is 3.85. The highest BCUT2D eigenvalue weighted by atomic mass is 32.2. The van der Waals surface area contributed by atoms with Crippen molar-refractivity contribution in [2.24, 2.45) is 0 Å². The van der Waals surface area contributed by atoms with Crippen LogP contribution in [-0.4, -0.2) is 55.6 Å². The number of carboxylic acids is 1. The van der Waals surface area contributed by atoms with Crippen LogP contribution in [-0.2, 0) is 19.6 Å². The molecule has 0 saturated heterocycles. The zero-order chi connectivity index (χ0) is 14.2. The molecule has 0 rings (SSSR count). The van der Waals surface area contributed by atoms with Crippen LogP contribution in [0.25, 0.3) is 0 Å². The van der Waals surface area contributed by atoms with Gasteiger partial charge in [-0.1, -0.05) is 6.92 Å². The number of carbonyl (C=O) groups excluding carboxylic acids is 1. The lowest BCUT2D eigenvalue weighted by atomic mass is 10.3. The maximum absolute atomic E-state index is 11.2. The first-order valence-corrected chi connectivity index (χ1v) is 7.55. The van der Waals surface area contributed by atoms with Crippen molar-refractivity contribution in [1.29, 1.82) is 0 Å². The maximum Gasteiger partial charge on any atom is 0.303 e. The van der Waals surface area contributed by atoms with E-state index < -0.39 is 16.0 Å². The molecule has 0 saturated carbocycles. The van der Waals surface area contributed by atoms with Gasteiger partial charge < -0.3 is 10.4 Å². The van der Waals surface area contributed by atoms with Gasteiger partial charge >= 0.3 is 5.97 Å². The van der Waals surface area contributed by atoms with Gasteiger partial charge in [0.2, 0.25) is 15.9 Å². The average molecular weight is 280 g/mol. The molecule has 0 aromatic rings. The highest BCUT2D eigenvalue weighted by Crippen LogP contribution is 1.98. The van der Waals surface area contributed by atoms with E-state index in [9.17, 15) is 18.0 Å². The normalized spacial score (nSPS) is 11.5. The van der Waals surface area contributed by atoms with Gasteiger partial charge in [0.1, 0.15) is 0 Å². The molecule has 0 fully saturated rings. The Kier molecular flexibility index (Phi) is 7.53. The number of nitrogens with one attached hydrogen (secondary N) is 1. The van der Waals surface area contributed by atoms with Gasteiger partial charge in [0.25, 0.3) is 0 Å². The number of hydrogen-bond acceptors (Lipinski definition) is 4. The highest BCUT2D eigenvalue weighted by Gasteiger charge is 2.13. The monoisotopic (exact) mass is 280 g/mol. The van der Waals surface area contributed by atoms with E-state index in [0.717, 1.165) is 6.26 Å². The minimum Gasteiger partial charge on any atom is -0.481 e. The molecule has 7 nitrogen and oxygen atoms in total. The van der Waals surface area contributed by atoms with Crippen LogP contribution in [0.4, 0.5) is 0 Å². The summed E-state index contributed by atoms with van der Waals surface area (Å²) in [5, 5.41) is 10.9. The van der Waals surface area contributed by atoms with Gasteiger partial charge in [-0.05, 0) is 6.42 Å². The Hall–Kier alpha value is -1.15. The first kappa shape index (κ1) is 16.9. The Balaban J connectivity index is 3.79. The third-order valence-electron chi connectivity index (χ3n) is 2.29. The molecular formula is C10H20N2O5S.